The molecule has 1 saturated carbocycles. The van der Waals surface area contributed by atoms with Gasteiger partial charge in [-0.3, -0.25) is 4.79 Å². The zero-order valence-electron chi connectivity index (χ0n) is 9.95. The van der Waals surface area contributed by atoms with Gasteiger partial charge < -0.3 is 5.11 Å². The Bertz CT molecular complexity index is 428. The maximum absolute atomic E-state index is 13.8. The lowest BCUT2D eigenvalue weighted by atomic mass is 9.75. The molecule has 1 aliphatic carbocycles. The zero-order chi connectivity index (χ0) is 12.4. The predicted octanol–water partition coefficient (Wildman–Crippen LogP) is 3.49. The van der Waals surface area contributed by atoms with Crippen LogP contribution in [0.5, 0.6) is 0 Å². The average molecular weight is 236 g/mol. The number of carboxylic acids is 1. The number of hydrogen-bond donors (Lipinski definition) is 1. The van der Waals surface area contributed by atoms with Crippen LogP contribution in [0.2, 0.25) is 0 Å². The molecule has 0 amide bonds. The molecule has 2 rings (SSSR count). The van der Waals surface area contributed by atoms with Crippen LogP contribution in [0.4, 0.5) is 4.39 Å². The summed E-state index contributed by atoms with van der Waals surface area (Å²) in [4.78, 5) is 11.2. The first kappa shape index (κ1) is 12.1. The summed E-state index contributed by atoms with van der Waals surface area (Å²) in [5.41, 5.74) is 1.56. The van der Waals surface area contributed by atoms with Gasteiger partial charge in [-0.1, -0.05) is 30.5 Å². The molecule has 1 aliphatic rings. The molecule has 2 unspecified atom stereocenters. The molecule has 1 fully saturated rings. The molecule has 2 nitrogen and oxygen atoms in total. The van der Waals surface area contributed by atoms with E-state index in [0.717, 1.165) is 24.8 Å². The number of carboxylic acid groups (broad SMARTS) is 1. The lowest BCUT2D eigenvalue weighted by Crippen LogP contribution is -2.26. The van der Waals surface area contributed by atoms with E-state index in [1.165, 1.54) is 6.07 Å². The fourth-order valence-corrected chi connectivity index (χ4v) is 2.75. The lowest BCUT2D eigenvalue weighted by molar-refractivity contribution is -0.143. The third kappa shape index (κ3) is 2.48. The van der Waals surface area contributed by atoms with Crippen molar-refractivity contribution < 1.29 is 14.3 Å². The van der Waals surface area contributed by atoms with E-state index in [4.69, 9.17) is 0 Å². The van der Waals surface area contributed by atoms with Crippen LogP contribution in [-0.4, -0.2) is 11.1 Å². The molecule has 92 valence electrons. The van der Waals surface area contributed by atoms with E-state index < -0.39 is 11.9 Å². The molecular formula is C14H17FO2. The van der Waals surface area contributed by atoms with Gasteiger partial charge >= 0.3 is 5.97 Å². The molecule has 1 aromatic carbocycles. The van der Waals surface area contributed by atoms with E-state index in [1.807, 2.05) is 6.92 Å². The molecule has 0 bridgehead atoms. The van der Waals surface area contributed by atoms with Crippen LogP contribution in [0.15, 0.2) is 18.2 Å². The van der Waals surface area contributed by atoms with Gasteiger partial charge in [0.05, 0.1) is 5.92 Å². The predicted molar refractivity (Wildman–Crippen MR) is 63.5 cm³/mol. The summed E-state index contributed by atoms with van der Waals surface area (Å²) < 4.78 is 13.8. The van der Waals surface area contributed by atoms with E-state index in [0.29, 0.717) is 12.0 Å². The molecule has 0 heterocycles. The Labute approximate surface area is 100 Å². The highest BCUT2D eigenvalue weighted by Crippen LogP contribution is 2.39. The zero-order valence-corrected chi connectivity index (χ0v) is 9.95. The Kier molecular flexibility index (Phi) is 3.46. The second-order valence-electron chi connectivity index (χ2n) is 4.86. The summed E-state index contributed by atoms with van der Waals surface area (Å²) in [5.74, 6) is -1.66. The van der Waals surface area contributed by atoms with Gasteiger partial charge in [0.1, 0.15) is 5.82 Å². The minimum atomic E-state index is -0.796. The number of halogens is 1. The van der Waals surface area contributed by atoms with Crippen molar-refractivity contribution in [1.29, 1.82) is 0 Å². The van der Waals surface area contributed by atoms with Crippen molar-refractivity contribution in [3.05, 3.63) is 35.1 Å². The van der Waals surface area contributed by atoms with Crippen LogP contribution in [0.3, 0.4) is 0 Å². The molecule has 3 heteroatoms. The Morgan fingerprint density at radius 3 is 2.76 bits per heavy atom. The summed E-state index contributed by atoms with van der Waals surface area (Å²) in [6.45, 7) is 1.90. The molecule has 2 atom stereocenters. The van der Waals surface area contributed by atoms with E-state index in [2.05, 4.69) is 0 Å². The number of benzene rings is 1. The topological polar surface area (TPSA) is 37.3 Å². The van der Waals surface area contributed by atoms with Crippen molar-refractivity contribution in [3.8, 4) is 0 Å². The number of aryl methyl sites for hydroxylation is 1. The van der Waals surface area contributed by atoms with Gasteiger partial charge in [-0.2, -0.15) is 0 Å². The third-order valence-corrected chi connectivity index (χ3v) is 3.63. The summed E-state index contributed by atoms with van der Waals surface area (Å²) in [7, 11) is 0. The monoisotopic (exact) mass is 236 g/mol. The second kappa shape index (κ2) is 4.86. The molecule has 1 aromatic rings. The molecule has 0 aliphatic heterocycles. The van der Waals surface area contributed by atoms with Gasteiger partial charge in [0, 0.05) is 5.92 Å². The standard InChI is InChI=1S/C14H17FO2/c1-9-6-7-13(15)12(8-9)10-4-2-3-5-11(10)14(16)17/h6-8,10-11H,2-5H2,1H3,(H,16,17). The fraction of sp³-hybridized carbons (Fsp3) is 0.500. The first-order valence-electron chi connectivity index (χ1n) is 6.08. The van der Waals surface area contributed by atoms with Crippen LogP contribution in [0, 0.1) is 18.7 Å². The molecule has 0 radical (unpaired) electrons. The smallest absolute Gasteiger partial charge is 0.307 e. The quantitative estimate of drug-likeness (QED) is 0.853. The van der Waals surface area contributed by atoms with Crippen molar-refractivity contribution in [2.75, 3.05) is 0 Å². The first-order valence-corrected chi connectivity index (χ1v) is 6.08. The normalized spacial score (nSPS) is 24.6. The summed E-state index contributed by atoms with van der Waals surface area (Å²) in [5, 5.41) is 9.21. The largest absolute Gasteiger partial charge is 0.481 e. The summed E-state index contributed by atoms with van der Waals surface area (Å²) in [6, 6.07) is 4.96. The van der Waals surface area contributed by atoms with Crippen LogP contribution in [0.25, 0.3) is 0 Å². The van der Waals surface area contributed by atoms with Crippen molar-refractivity contribution in [2.24, 2.45) is 5.92 Å². The SMILES string of the molecule is Cc1ccc(F)c(C2CCCCC2C(=O)O)c1. The highest BCUT2D eigenvalue weighted by Gasteiger charge is 2.33. The Balaban J connectivity index is 2.35. The van der Waals surface area contributed by atoms with Gasteiger partial charge in [-0.05, 0) is 31.4 Å². The molecular weight excluding hydrogens is 219 g/mol. The number of hydrogen-bond acceptors (Lipinski definition) is 1. The van der Waals surface area contributed by atoms with Crippen LogP contribution in [-0.2, 0) is 4.79 Å². The highest BCUT2D eigenvalue weighted by atomic mass is 19.1. The van der Waals surface area contributed by atoms with E-state index >= 15 is 0 Å². The van der Waals surface area contributed by atoms with Crippen molar-refractivity contribution in [1.82, 2.24) is 0 Å². The van der Waals surface area contributed by atoms with Crippen molar-refractivity contribution in [3.63, 3.8) is 0 Å². The number of carbonyl (C=O) groups is 1. The van der Waals surface area contributed by atoms with Gasteiger partial charge in [0.2, 0.25) is 0 Å². The van der Waals surface area contributed by atoms with Gasteiger partial charge in [0.15, 0.2) is 0 Å². The maximum atomic E-state index is 13.8. The number of aliphatic carboxylic acids is 1. The summed E-state index contributed by atoms with van der Waals surface area (Å²) in [6.07, 6.45) is 3.35. The second-order valence-corrected chi connectivity index (χ2v) is 4.86. The molecule has 17 heavy (non-hydrogen) atoms. The molecule has 0 saturated heterocycles. The van der Waals surface area contributed by atoms with E-state index in [1.54, 1.807) is 12.1 Å². The summed E-state index contributed by atoms with van der Waals surface area (Å²) >= 11 is 0. The fourth-order valence-electron chi connectivity index (χ4n) is 2.75. The van der Waals surface area contributed by atoms with Crippen LogP contribution < -0.4 is 0 Å². The van der Waals surface area contributed by atoms with Crippen LogP contribution >= 0.6 is 0 Å². The highest BCUT2D eigenvalue weighted by molar-refractivity contribution is 5.71. The van der Waals surface area contributed by atoms with Gasteiger partial charge in [-0.15, -0.1) is 0 Å². The lowest BCUT2D eigenvalue weighted by Gasteiger charge is -2.29. The molecule has 0 aromatic heterocycles. The molecule has 0 spiro atoms. The van der Waals surface area contributed by atoms with E-state index in [9.17, 15) is 14.3 Å². The Morgan fingerprint density at radius 1 is 1.35 bits per heavy atom. The van der Waals surface area contributed by atoms with Gasteiger partial charge in [-0.25, -0.2) is 4.39 Å². The maximum Gasteiger partial charge on any atom is 0.307 e. The van der Waals surface area contributed by atoms with Crippen LogP contribution in [0.1, 0.15) is 42.7 Å². The van der Waals surface area contributed by atoms with Crippen molar-refractivity contribution in [2.45, 2.75) is 38.5 Å². The van der Waals surface area contributed by atoms with Gasteiger partial charge in [0.25, 0.3) is 0 Å². The Hall–Kier alpha value is -1.38. The van der Waals surface area contributed by atoms with E-state index in [-0.39, 0.29) is 11.7 Å². The minimum absolute atomic E-state index is 0.166. The number of rotatable bonds is 2. The first-order chi connectivity index (χ1) is 8.09. The minimum Gasteiger partial charge on any atom is -0.481 e. The third-order valence-electron chi connectivity index (χ3n) is 3.63. The Morgan fingerprint density at radius 2 is 2.06 bits per heavy atom. The average Bonchev–Trinajstić information content (AvgIpc) is 2.32. The van der Waals surface area contributed by atoms with Crippen molar-refractivity contribution >= 4 is 5.97 Å². The molecule has 1 N–H and O–H groups in total.